The maximum absolute atomic E-state index is 2.40. The van der Waals surface area contributed by atoms with E-state index < -0.39 is 0 Å². The fourth-order valence-corrected chi connectivity index (χ4v) is 3.72. The van der Waals surface area contributed by atoms with Gasteiger partial charge in [-0.25, -0.2) is 0 Å². The van der Waals surface area contributed by atoms with Crippen LogP contribution in [0, 0.1) is 5.41 Å². The van der Waals surface area contributed by atoms with Crippen molar-refractivity contribution in [1.29, 1.82) is 0 Å². The molecule has 0 aliphatic heterocycles. The zero-order chi connectivity index (χ0) is 22.1. The Morgan fingerprint density at radius 2 is 1.50 bits per heavy atom. The number of rotatable bonds is 2. The minimum atomic E-state index is 0. The first kappa shape index (κ1) is 31.1. The largest absolute Gasteiger partial charge is 1.00 e. The molecule has 0 fully saturated rings. The molecule has 0 nitrogen and oxygen atoms in total. The number of allylic oxidation sites excluding steroid dienone is 4. The van der Waals surface area contributed by atoms with Crippen molar-refractivity contribution in [3.8, 4) is 0 Å². The standard InChI is InChI=1S/C18H19.C7H8Si.C3H6.2ClH.Zr/c1-18(2,3)17-9-8-15(12-17)16-10-13-6-4-5-7-14(13)11-16;1-8-7-5-3-2-4-6-7;1-3-2;;;/h4-12,15H,1-3H3;2-6H,1H3;1-2H3;2*1H;/q-1;+2;;;;+2/p-2. The number of benzene rings is 2. The van der Waals surface area contributed by atoms with Crippen LogP contribution >= 0.6 is 0 Å². The van der Waals surface area contributed by atoms with E-state index >= 15 is 0 Å². The van der Waals surface area contributed by atoms with Crippen LogP contribution in [0.1, 0.15) is 46.1 Å². The molecule has 0 heterocycles. The average Bonchev–Trinajstić information content (AvgIpc) is 3.35. The SMILES string of the molecule is CC(C)(C)C1=CC(c2cc3ccccc3[cH-]2)C=C1.C[C](C)=[Zr+2].C[Si+2]c1ccccc1.[Cl-].[Cl-]. The molecule has 166 valence electrons. The van der Waals surface area contributed by atoms with Crippen molar-refractivity contribution < 1.29 is 49.0 Å². The van der Waals surface area contributed by atoms with Crippen LogP contribution in [0.15, 0.2) is 90.5 Å². The van der Waals surface area contributed by atoms with Gasteiger partial charge in [0.2, 0.25) is 6.55 Å². The summed E-state index contributed by atoms with van der Waals surface area (Å²) in [7, 11) is 0.930. The average molecular weight is 560 g/mol. The molecule has 1 aliphatic rings. The minimum Gasteiger partial charge on any atom is -1.00 e. The fourth-order valence-electron chi connectivity index (χ4n) is 3.19. The third-order valence-electron chi connectivity index (χ3n) is 4.80. The van der Waals surface area contributed by atoms with Crippen molar-refractivity contribution in [2.75, 3.05) is 0 Å². The van der Waals surface area contributed by atoms with Gasteiger partial charge >= 0.3 is 56.0 Å². The summed E-state index contributed by atoms with van der Waals surface area (Å²) in [5, 5.41) is 4.13. The first-order valence-corrected chi connectivity index (χ1v) is 13.2. The monoisotopic (exact) mass is 557 g/mol. The predicted molar refractivity (Wildman–Crippen MR) is 133 cm³/mol. The molecule has 0 radical (unpaired) electrons. The van der Waals surface area contributed by atoms with Gasteiger partial charge in [-0.15, -0.1) is 40.6 Å². The quantitative estimate of drug-likeness (QED) is 0.325. The molecular formula is C28H33Cl2SiZr+. The van der Waals surface area contributed by atoms with Crippen LogP contribution < -0.4 is 30.0 Å². The molecule has 0 amide bonds. The van der Waals surface area contributed by atoms with E-state index in [-0.39, 0.29) is 30.2 Å². The summed E-state index contributed by atoms with van der Waals surface area (Å²) in [6.45, 7) is 13.2. The van der Waals surface area contributed by atoms with E-state index in [1.54, 1.807) is 24.2 Å². The van der Waals surface area contributed by atoms with E-state index in [9.17, 15) is 0 Å². The first-order valence-electron chi connectivity index (χ1n) is 10.5. The number of hydrogen-bond donors (Lipinski definition) is 0. The summed E-state index contributed by atoms with van der Waals surface area (Å²) in [5.41, 5.74) is 3.10. The molecule has 3 aromatic carbocycles. The van der Waals surface area contributed by atoms with Crippen molar-refractivity contribution in [3.63, 3.8) is 0 Å². The smallest absolute Gasteiger partial charge is 0.952 e. The van der Waals surface area contributed by atoms with E-state index in [1.807, 2.05) is 6.07 Å². The summed E-state index contributed by atoms with van der Waals surface area (Å²) in [6, 6.07) is 23.7. The van der Waals surface area contributed by atoms with Gasteiger partial charge < -0.3 is 24.8 Å². The molecule has 4 heteroatoms. The number of halogens is 2. The predicted octanol–water partition coefficient (Wildman–Crippen LogP) is 1.00. The van der Waals surface area contributed by atoms with Crippen molar-refractivity contribution >= 4 is 28.7 Å². The Labute approximate surface area is 224 Å². The van der Waals surface area contributed by atoms with E-state index in [1.165, 1.54) is 30.3 Å². The summed E-state index contributed by atoms with van der Waals surface area (Å²) in [4.78, 5) is 0. The van der Waals surface area contributed by atoms with Crippen molar-refractivity contribution in [2.24, 2.45) is 5.41 Å². The van der Waals surface area contributed by atoms with Crippen molar-refractivity contribution in [1.82, 2.24) is 0 Å². The topological polar surface area (TPSA) is 0 Å². The van der Waals surface area contributed by atoms with Gasteiger partial charge in [-0.1, -0.05) is 63.3 Å². The maximum Gasteiger partial charge on any atom is 0.952 e. The summed E-state index contributed by atoms with van der Waals surface area (Å²) in [6.07, 6.45) is 6.99. The second kappa shape index (κ2) is 15.1. The summed E-state index contributed by atoms with van der Waals surface area (Å²) >= 11 is 1.55. The van der Waals surface area contributed by atoms with Crippen LogP contribution in [0.25, 0.3) is 10.8 Å². The van der Waals surface area contributed by atoms with Gasteiger partial charge in [0.1, 0.15) is 0 Å². The first-order chi connectivity index (χ1) is 14.2. The third kappa shape index (κ3) is 10.3. The molecule has 0 bridgehead atoms. The minimum absolute atomic E-state index is 0. The van der Waals surface area contributed by atoms with E-state index in [2.05, 4.69) is 120 Å². The molecule has 0 N–H and O–H groups in total. The Morgan fingerprint density at radius 3 is 1.97 bits per heavy atom. The van der Waals surface area contributed by atoms with E-state index in [0.717, 1.165) is 9.52 Å². The van der Waals surface area contributed by atoms with Crippen LogP contribution in [0.3, 0.4) is 0 Å². The Balaban J connectivity index is 0.000000579. The van der Waals surface area contributed by atoms with Crippen LogP contribution in [-0.2, 0) is 24.2 Å². The zero-order valence-corrected chi connectivity index (χ0v) is 24.9. The van der Waals surface area contributed by atoms with Crippen molar-refractivity contribution in [3.05, 3.63) is 96.1 Å². The van der Waals surface area contributed by atoms with Gasteiger partial charge in [0, 0.05) is 18.1 Å². The van der Waals surface area contributed by atoms with E-state index in [4.69, 9.17) is 0 Å². The number of hydrogen-bond acceptors (Lipinski definition) is 0. The molecule has 0 aromatic heterocycles. The van der Waals surface area contributed by atoms with Crippen LogP contribution in [-0.4, -0.2) is 12.7 Å². The maximum atomic E-state index is 2.40. The molecule has 1 aliphatic carbocycles. The van der Waals surface area contributed by atoms with Crippen molar-refractivity contribution in [2.45, 2.75) is 47.1 Å². The molecule has 32 heavy (non-hydrogen) atoms. The van der Waals surface area contributed by atoms with Gasteiger partial charge in [-0.05, 0) is 11.0 Å². The van der Waals surface area contributed by atoms with Gasteiger partial charge in [-0.2, -0.15) is 6.07 Å². The third-order valence-corrected chi connectivity index (χ3v) is 5.71. The van der Waals surface area contributed by atoms with Gasteiger partial charge in [-0.3, -0.25) is 0 Å². The number of fused-ring (bicyclic) bond motifs is 1. The van der Waals surface area contributed by atoms with Crippen LogP contribution in [0.4, 0.5) is 0 Å². The molecule has 0 saturated carbocycles. The molecule has 0 spiro atoms. The molecule has 3 aromatic rings. The fraction of sp³-hybridized carbons (Fsp3) is 0.286. The van der Waals surface area contributed by atoms with Crippen LogP contribution in [0.5, 0.6) is 0 Å². The Morgan fingerprint density at radius 1 is 0.938 bits per heavy atom. The molecule has 1 atom stereocenters. The second-order valence-electron chi connectivity index (χ2n) is 8.79. The zero-order valence-electron chi connectivity index (χ0n) is 19.9. The molecule has 4 rings (SSSR count). The van der Waals surface area contributed by atoms with E-state index in [0.29, 0.717) is 5.92 Å². The molecule has 1 unspecified atom stereocenters. The van der Waals surface area contributed by atoms with Gasteiger partial charge in [0.25, 0.3) is 0 Å². The molecular weight excluding hydrogens is 527 g/mol. The van der Waals surface area contributed by atoms with Gasteiger partial charge in [0.05, 0.1) is 0 Å². The Kier molecular flexibility index (Phi) is 14.6. The summed E-state index contributed by atoms with van der Waals surface area (Å²) < 4.78 is 1.51. The second-order valence-corrected chi connectivity index (χ2v) is 12.3. The van der Waals surface area contributed by atoms with Crippen LogP contribution in [0.2, 0.25) is 6.55 Å². The molecule has 0 saturated heterocycles. The Hall–Kier alpha value is -0.920. The Bertz CT molecular complexity index is 974. The normalized spacial score (nSPS) is 13.9. The summed E-state index contributed by atoms with van der Waals surface area (Å²) in [5.74, 6) is 0.451. The van der Waals surface area contributed by atoms with Gasteiger partial charge in [0.15, 0.2) is 0 Å².